The predicted octanol–water partition coefficient (Wildman–Crippen LogP) is 4.84. The summed E-state index contributed by atoms with van der Waals surface area (Å²) in [6.07, 6.45) is 0. The molecular weight excluding hydrogens is 434 g/mol. The van der Waals surface area contributed by atoms with E-state index in [-0.39, 0.29) is 11.9 Å². The van der Waals surface area contributed by atoms with Gasteiger partial charge in [0.05, 0.1) is 11.6 Å². The van der Waals surface area contributed by atoms with Gasteiger partial charge in [-0.3, -0.25) is 4.79 Å². The van der Waals surface area contributed by atoms with Crippen LogP contribution in [0.15, 0.2) is 58.2 Å². The number of carbonyl (C=O) groups is 1. The Labute approximate surface area is 171 Å². The van der Waals surface area contributed by atoms with Gasteiger partial charge in [0.15, 0.2) is 5.11 Å². The number of carbonyl (C=O) groups excluding carboxylic acids is 1. The van der Waals surface area contributed by atoms with Gasteiger partial charge in [-0.25, -0.2) is 0 Å². The molecule has 0 saturated carbocycles. The average molecular weight is 451 g/mol. The number of benzene rings is 2. The molecule has 0 unspecified atom stereocenters. The SMILES string of the molecule is CC1=C(C(=O)Nc2ccc(C)c(Cl)c2)[C@@H](c2cccc(Br)c2)NC(=S)N1. The van der Waals surface area contributed by atoms with Gasteiger partial charge in [-0.05, 0) is 61.5 Å². The predicted molar refractivity (Wildman–Crippen MR) is 113 cm³/mol. The zero-order valence-electron chi connectivity index (χ0n) is 14.2. The molecule has 0 radical (unpaired) electrons. The zero-order chi connectivity index (χ0) is 18.8. The van der Waals surface area contributed by atoms with Crippen molar-refractivity contribution in [1.82, 2.24) is 10.6 Å². The summed E-state index contributed by atoms with van der Waals surface area (Å²) < 4.78 is 0.934. The molecule has 1 heterocycles. The summed E-state index contributed by atoms with van der Waals surface area (Å²) in [6.45, 7) is 3.76. The first-order chi connectivity index (χ1) is 12.3. The molecule has 3 rings (SSSR count). The second-order valence-corrected chi connectivity index (χ2v) is 7.77. The molecule has 134 valence electrons. The third-order valence-electron chi connectivity index (χ3n) is 4.13. The minimum Gasteiger partial charge on any atom is -0.351 e. The van der Waals surface area contributed by atoms with Crippen LogP contribution in [0.4, 0.5) is 5.69 Å². The fraction of sp³-hybridized carbons (Fsp3) is 0.158. The van der Waals surface area contributed by atoms with Crippen molar-refractivity contribution in [1.29, 1.82) is 0 Å². The van der Waals surface area contributed by atoms with Crippen molar-refractivity contribution >= 4 is 56.5 Å². The second kappa shape index (κ2) is 7.78. The largest absolute Gasteiger partial charge is 0.351 e. The van der Waals surface area contributed by atoms with Crippen molar-refractivity contribution in [3.05, 3.63) is 74.4 Å². The van der Waals surface area contributed by atoms with E-state index >= 15 is 0 Å². The summed E-state index contributed by atoms with van der Waals surface area (Å²) in [5, 5.41) is 10.2. The molecule has 0 spiro atoms. The van der Waals surface area contributed by atoms with Crippen molar-refractivity contribution in [3.8, 4) is 0 Å². The normalized spacial score (nSPS) is 16.8. The molecule has 26 heavy (non-hydrogen) atoms. The highest BCUT2D eigenvalue weighted by molar-refractivity contribution is 9.10. The Morgan fingerprint density at radius 2 is 2.00 bits per heavy atom. The van der Waals surface area contributed by atoms with Gasteiger partial charge in [0.25, 0.3) is 5.91 Å². The van der Waals surface area contributed by atoms with Crippen LogP contribution in [-0.4, -0.2) is 11.0 Å². The average Bonchev–Trinajstić information content (AvgIpc) is 2.57. The van der Waals surface area contributed by atoms with Crippen LogP contribution in [0.3, 0.4) is 0 Å². The van der Waals surface area contributed by atoms with Crippen molar-refractivity contribution in [3.63, 3.8) is 0 Å². The number of rotatable bonds is 3. The van der Waals surface area contributed by atoms with E-state index < -0.39 is 0 Å². The highest BCUT2D eigenvalue weighted by atomic mass is 79.9. The number of anilines is 1. The zero-order valence-corrected chi connectivity index (χ0v) is 17.3. The van der Waals surface area contributed by atoms with Crippen LogP contribution in [-0.2, 0) is 4.79 Å². The maximum atomic E-state index is 13.0. The molecule has 7 heteroatoms. The minimum absolute atomic E-state index is 0.213. The Balaban J connectivity index is 1.95. The molecule has 1 aliphatic rings. The highest BCUT2D eigenvalue weighted by Crippen LogP contribution is 2.30. The number of allylic oxidation sites excluding steroid dienone is 1. The van der Waals surface area contributed by atoms with Crippen LogP contribution in [0, 0.1) is 6.92 Å². The van der Waals surface area contributed by atoms with Crippen molar-refractivity contribution in [2.24, 2.45) is 0 Å². The fourth-order valence-electron chi connectivity index (χ4n) is 2.80. The minimum atomic E-state index is -0.345. The molecular formula is C19H17BrClN3OS. The molecule has 0 saturated heterocycles. The summed E-state index contributed by atoms with van der Waals surface area (Å²) in [5.74, 6) is -0.213. The quantitative estimate of drug-likeness (QED) is 0.586. The number of thiocarbonyl (C=S) groups is 1. The Morgan fingerprint density at radius 1 is 1.23 bits per heavy atom. The van der Waals surface area contributed by atoms with Gasteiger partial charge in [0.1, 0.15) is 0 Å². The number of amides is 1. The van der Waals surface area contributed by atoms with Gasteiger partial charge in [0, 0.05) is 20.9 Å². The van der Waals surface area contributed by atoms with Crippen molar-refractivity contribution < 1.29 is 4.79 Å². The van der Waals surface area contributed by atoms with E-state index in [1.54, 1.807) is 6.07 Å². The van der Waals surface area contributed by atoms with Crippen LogP contribution in [0.25, 0.3) is 0 Å². The number of nitrogens with one attached hydrogen (secondary N) is 3. The molecule has 1 amide bonds. The lowest BCUT2D eigenvalue weighted by Gasteiger charge is -2.30. The van der Waals surface area contributed by atoms with E-state index in [0.717, 1.165) is 21.3 Å². The Hall–Kier alpha value is -1.89. The van der Waals surface area contributed by atoms with Crippen molar-refractivity contribution in [2.45, 2.75) is 19.9 Å². The number of aryl methyl sites for hydroxylation is 1. The maximum absolute atomic E-state index is 13.0. The maximum Gasteiger partial charge on any atom is 0.255 e. The summed E-state index contributed by atoms with van der Waals surface area (Å²) in [7, 11) is 0. The lowest BCUT2D eigenvalue weighted by Crippen LogP contribution is -2.45. The lowest BCUT2D eigenvalue weighted by atomic mass is 9.95. The van der Waals surface area contributed by atoms with E-state index in [2.05, 4.69) is 31.9 Å². The molecule has 2 aromatic rings. The molecule has 2 aromatic carbocycles. The van der Waals surface area contributed by atoms with E-state index in [1.165, 1.54) is 0 Å². The Morgan fingerprint density at radius 3 is 2.69 bits per heavy atom. The topological polar surface area (TPSA) is 53.2 Å². The monoisotopic (exact) mass is 449 g/mol. The van der Waals surface area contributed by atoms with Crippen LogP contribution in [0.2, 0.25) is 5.02 Å². The number of hydrogen-bond acceptors (Lipinski definition) is 2. The van der Waals surface area contributed by atoms with E-state index in [4.69, 9.17) is 23.8 Å². The molecule has 4 nitrogen and oxygen atoms in total. The first-order valence-electron chi connectivity index (χ1n) is 7.96. The van der Waals surface area contributed by atoms with Crippen molar-refractivity contribution in [2.75, 3.05) is 5.32 Å². The summed E-state index contributed by atoms with van der Waals surface area (Å²) >= 11 is 14.9. The number of hydrogen-bond donors (Lipinski definition) is 3. The molecule has 3 N–H and O–H groups in total. The van der Waals surface area contributed by atoms with Gasteiger partial charge < -0.3 is 16.0 Å². The third-order valence-corrected chi connectivity index (χ3v) is 5.25. The van der Waals surface area contributed by atoms with Gasteiger partial charge in [-0.1, -0.05) is 45.7 Å². The number of halogens is 2. The first-order valence-corrected chi connectivity index (χ1v) is 9.54. The summed E-state index contributed by atoms with van der Waals surface area (Å²) in [6, 6.07) is 12.9. The second-order valence-electron chi connectivity index (χ2n) is 6.04. The third kappa shape index (κ3) is 4.09. The Bertz CT molecular complexity index is 929. The van der Waals surface area contributed by atoms with Gasteiger partial charge in [-0.2, -0.15) is 0 Å². The fourth-order valence-corrected chi connectivity index (χ4v) is 3.67. The van der Waals surface area contributed by atoms with Crippen LogP contribution in [0.5, 0.6) is 0 Å². The van der Waals surface area contributed by atoms with E-state index in [1.807, 2.05) is 50.2 Å². The smallest absolute Gasteiger partial charge is 0.255 e. The molecule has 1 aliphatic heterocycles. The summed E-state index contributed by atoms with van der Waals surface area (Å²) in [5.41, 5.74) is 3.84. The van der Waals surface area contributed by atoms with Crippen LogP contribution >= 0.6 is 39.7 Å². The standard InChI is InChI=1S/C19H17BrClN3OS/c1-10-6-7-14(9-15(10)21)23-18(25)16-11(2)22-19(26)24-17(16)12-4-3-5-13(20)8-12/h3-9,17H,1-2H3,(H,23,25)(H2,22,24,26)/t17-/m1/s1. The van der Waals surface area contributed by atoms with Crippen LogP contribution < -0.4 is 16.0 Å². The van der Waals surface area contributed by atoms with E-state index in [0.29, 0.717) is 21.4 Å². The Kier molecular flexibility index (Phi) is 5.65. The molecule has 0 aliphatic carbocycles. The molecule has 0 aromatic heterocycles. The summed E-state index contributed by atoms with van der Waals surface area (Å²) in [4.78, 5) is 13.0. The molecule has 1 atom stereocenters. The lowest BCUT2D eigenvalue weighted by molar-refractivity contribution is -0.113. The first kappa shape index (κ1) is 18.9. The van der Waals surface area contributed by atoms with Gasteiger partial charge in [-0.15, -0.1) is 0 Å². The van der Waals surface area contributed by atoms with Gasteiger partial charge >= 0.3 is 0 Å². The van der Waals surface area contributed by atoms with E-state index in [9.17, 15) is 4.79 Å². The highest BCUT2D eigenvalue weighted by Gasteiger charge is 2.30. The van der Waals surface area contributed by atoms with Crippen LogP contribution in [0.1, 0.15) is 24.1 Å². The molecule has 0 bridgehead atoms. The molecule has 0 fully saturated rings. The van der Waals surface area contributed by atoms with Gasteiger partial charge in [0.2, 0.25) is 0 Å².